The first kappa shape index (κ1) is 21.2. The fourth-order valence-corrected chi connectivity index (χ4v) is 3.31. The van der Waals surface area contributed by atoms with Crippen LogP contribution in [-0.4, -0.2) is 25.7 Å². The maximum Gasteiger partial charge on any atom is 0.303 e. The van der Waals surface area contributed by atoms with Crippen LogP contribution in [0.15, 0.2) is 11.0 Å². The van der Waals surface area contributed by atoms with Crippen LogP contribution in [0.3, 0.4) is 0 Å². The summed E-state index contributed by atoms with van der Waals surface area (Å²) in [6, 6.07) is 0. The van der Waals surface area contributed by atoms with Gasteiger partial charge in [0.05, 0.1) is 0 Å². The highest BCUT2D eigenvalue weighted by atomic mass is 32.2. The monoisotopic (exact) mass is 332 g/mol. The number of sulfone groups is 1. The van der Waals surface area contributed by atoms with E-state index in [1.54, 1.807) is 0 Å². The minimum absolute atomic E-state index is 0.246. The molecule has 0 fully saturated rings. The van der Waals surface area contributed by atoms with E-state index in [9.17, 15) is 13.2 Å². The number of aliphatic carboxylic acids is 1. The van der Waals surface area contributed by atoms with Crippen LogP contribution in [-0.2, 0) is 14.6 Å². The van der Waals surface area contributed by atoms with E-state index in [1.807, 2.05) is 6.08 Å². The van der Waals surface area contributed by atoms with Gasteiger partial charge in [0.2, 0.25) is 0 Å². The SMILES string of the molecule is CCCCCCC(=CCCCCCCCC(=O)O)S(C)(=O)=O. The average molecular weight is 333 g/mol. The van der Waals surface area contributed by atoms with Crippen molar-refractivity contribution in [3.63, 3.8) is 0 Å². The van der Waals surface area contributed by atoms with Gasteiger partial charge in [-0.3, -0.25) is 4.79 Å². The summed E-state index contributed by atoms with van der Waals surface area (Å²) in [7, 11) is -3.07. The number of hydrogen-bond acceptors (Lipinski definition) is 3. The van der Waals surface area contributed by atoms with Gasteiger partial charge in [-0.15, -0.1) is 0 Å². The molecule has 0 aliphatic carbocycles. The molecule has 0 heterocycles. The van der Waals surface area contributed by atoms with Crippen molar-refractivity contribution in [3.8, 4) is 0 Å². The second kappa shape index (κ2) is 12.7. The lowest BCUT2D eigenvalue weighted by molar-refractivity contribution is -0.137. The Morgan fingerprint density at radius 1 is 0.909 bits per heavy atom. The maximum absolute atomic E-state index is 11.7. The van der Waals surface area contributed by atoms with Gasteiger partial charge in [-0.1, -0.05) is 51.5 Å². The molecule has 0 aromatic carbocycles. The fourth-order valence-electron chi connectivity index (χ4n) is 2.38. The summed E-state index contributed by atoms with van der Waals surface area (Å²) < 4.78 is 23.5. The van der Waals surface area contributed by atoms with E-state index in [4.69, 9.17) is 5.11 Å². The third-order valence-electron chi connectivity index (χ3n) is 3.72. The molecule has 0 aromatic heterocycles. The number of hydrogen-bond donors (Lipinski definition) is 1. The van der Waals surface area contributed by atoms with Crippen LogP contribution in [0.4, 0.5) is 0 Å². The Balaban J connectivity index is 3.93. The number of carbonyl (C=O) groups is 1. The Kier molecular flexibility index (Phi) is 12.2. The second-order valence-electron chi connectivity index (χ2n) is 5.95. The van der Waals surface area contributed by atoms with Gasteiger partial charge in [0.25, 0.3) is 0 Å². The van der Waals surface area contributed by atoms with Crippen LogP contribution in [0.5, 0.6) is 0 Å². The average Bonchev–Trinajstić information content (AvgIpc) is 2.42. The van der Waals surface area contributed by atoms with Gasteiger partial charge in [-0.25, -0.2) is 8.42 Å². The lowest BCUT2D eigenvalue weighted by Gasteiger charge is -2.06. The van der Waals surface area contributed by atoms with Gasteiger partial charge < -0.3 is 5.11 Å². The Labute approximate surface area is 135 Å². The number of unbranched alkanes of at least 4 members (excludes halogenated alkanes) is 8. The van der Waals surface area contributed by atoms with E-state index in [-0.39, 0.29) is 6.42 Å². The lowest BCUT2D eigenvalue weighted by atomic mass is 10.1. The van der Waals surface area contributed by atoms with E-state index < -0.39 is 15.8 Å². The topological polar surface area (TPSA) is 71.4 Å². The first-order valence-electron chi connectivity index (χ1n) is 8.48. The molecule has 0 aromatic rings. The molecule has 0 unspecified atom stereocenters. The van der Waals surface area contributed by atoms with Gasteiger partial charge in [0.1, 0.15) is 0 Å². The predicted molar refractivity (Wildman–Crippen MR) is 91.6 cm³/mol. The molecule has 22 heavy (non-hydrogen) atoms. The lowest BCUT2D eigenvalue weighted by Crippen LogP contribution is -2.01. The van der Waals surface area contributed by atoms with Crippen molar-refractivity contribution in [1.82, 2.24) is 0 Å². The van der Waals surface area contributed by atoms with Gasteiger partial charge in [0, 0.05) is 17.6 Å². The highest BCUT2D eigenvalue weighted by Gasteiger charge is 2.10. The Bertz CT molecular complexity index is 424. The number of carboxylic acids is 1. The quantitative estimate of drug-likeness (QED) is 0.468. The van der Waals surface area contributed by atoms with Crippen LogP contribution >= 0.6 is 0 Å². The molecule has 130 valence electrons. The fraction of sp³-hybridized carbons (Fsp3) is 0.824. The van der Waals surface area contributed by atoms with Crippen molar-refractivity contribution >= 4 is 15.8 Å². The van der Waals surface area contributed by atoms with Gasteiger partial charge in [-0.05, 0) is 32.1 Å². The molecular formula is C17H32O4S. The standard InChI is InChI=1S/C17H32O4S/c1-3-4-5-10-13-16(22(2,20)21)14-11-8-6-7-9-12-15-17(18)19/h14H,3-13,15H2,1-2H3,(H,18,19). The molecule has 0 radical (unpaired) electrons. The molecular weight excluding hydrogens is 300 g/mol. The van der Waals surface area contributed by atoms with Gasteiger partial charge >= 0.3 is 5.97 Å². The number of carboxylic acid groups (broad SMARTS) is 1. The summed E-state index contributed by atoms with van der Waals surface area (Å²) in [6.07, 6.45) is 13.9. The van der Waals surface area contributed by atoms with Crippen molar-refractivity contribution in [3.05, 3.63) is 11.0 Å². The molecule has 5 heteroatoms. The summed E-state index contributed by atoms with van der Waals surface area (Å²) in [5, 5.41) is 8.53. The summed E-state index contributed by atoms with van der Waals surface area (Å²) in [6.45, 7) is 2.14. The van der Waals surface area contributed by atoms with E-state index >= 15 is 0 Å². The van der Waals surface area contributed by atoms with Crippen LogP contribution in [0.2, 0.25) is 0 Å². The summed E-state index contributed by atoms with van der Waals surface area (Å²) in [4.78, 5) is 11.0. The maximum atomic E-state index is 11.7. The largest absolute Gasteiger partial charge is 0.481 e. The van der Waals surface area contributed by atoms with Gasteiger partial charge in [-0.2, -0.15) is 0 Å². The predicted octanol–water partition coefficient (Wildman–Crippen LogP) is 4.70. The minimum atomic E-state index is -3.07. The van der Waals surface area contributed by atoms with Crippen LogP contribution in [0, 0.1) is 0 Å². The minimum Gasteiger partial charge on any atom is -0.481 e. The highest BCUT2D eigenvalue weighted by molar-refractivity contribution is 7.94. The second-order valence-corrected chi connectivity index (χ2v) is 8.02. The zero-order valence-electron chi connectivity index (χ0n) is 14.1. The third kappa shape index (κ3) is 12.9. The van der Waals surface area contributed by atoms with E-state index in [2.05, 4.69) is 6.92 Å². The Morgan fingerprint density at radius 3 is 2.05 bits per heavy atom. The number of allylic oxidation sites excluding steroid dienone is 2. The zero-order chi connectivity index (χ0) is 16.8. The van der Waals surface area contributed by atoms with Crippen molar-refractivity contribution in [2.24, 2.45) is 0 Å². The van der Waals surface area contributed by atoms with Crippen LogP contribution in [0.25, 0.3) is 0 Å². The molecule has 1 N–H and O–H groups in total. The zero-order valence-corrected chi connectivity index (χ0v) is 15.0. The van der Waals surface area contributed by atoms with E-state index in [1.165, 1.54) is 6.26 Å². The molecule has 0 aliphatic rings. The van der Waals surface area contributed by atoms with Crippen LogP contribution in [0.1, 0.15) is 84.0 Å². The summed E-state index contributed by atoms with van der Waals surface area (Å²) in [5.74, 6) is -0.733. The van der Waals surface area contributed by atoms with Crippen LogP contribution < -0.4 is 0 Å². The van der Waals surface area contributed by atoms with Crippen molar-refractivity contribution in [2.45, 2.75) is 84.0 Å². The van der Waals surface area contributed by atoms with E-state index in [0.717, 1.165) is 64.2 Å². The summed E-state index contributed by atoms with van der Waals surface area (Å²) >= 11 is 0. The van der Waals surface area contributed by atoms with Crippen molar-refractivity contribution in [1.29, 1.82) is 0 Å². The molecule has 0 amide bonds. The molecule has 0 saturated heterocycles. The molecule has 0 saturated carbocycles. The first-order chi connectivity index (χ1) is 10.4. The molecule has 4 nitrogen and oxygen atoms in total. The van der Waals surface area contributed by atoms with Crippen molar-refractivity contribution < 1.29 is 18.3 Å². The molecule has 0 atom stereocenters. The Hall–Kier alpha value is -0.840. The van der Waals surface area contributed by atoms with Crippen molar-refractivity contribution in [2.75, 3.05) is 6.26 Å². The van der Waals surface area contributed by atoms with Gasteiger partial charge in [0.15, 0.2) is 9.84 Å². The number of rotatable bonds is 14. The third-order valence-corrected chi connectivity index (χ3v) is 5.04. The molecule has 0 aliphatic heterocycles. The summed E-state index contributed by atoms with van der Waals surface area (Å²) in [5.41, 5.74) is 0. The molecule has 0 rings (SSSR count). The molecule has 0 spiro atoms. The first-order valence-corrected chi connectivity index (χ1v) is 10.4. The smallest absolute Gasteiger partial charge is 0.303 e. The highest BCUT2D eigenvalue weighted by Crippen LogP contribution is 2.17. The van der Waals surface area contributed by atoms with E-state index in [0.29, 0.717) is 11.3 Å². The normalized spacial score (nSPS) is 12.5. The Morgan fingerprint density at radius 2 is 1.45 bits per heavy atom. The molecule has 0 bridgehead atoms.